The van der Waals surface area contributed by atoms with E-state index < -0.39 is 5.97 Å². The van der Waals surface area contributed by atoms with Crippen LogP contribution in [0.2, 0.25) is 0 Å². The van der Waals surface area contributed by atoms with Crippen LogP contribution < -0.4 is 10.1 Å². The van der Waals surface area contributed by atoms with Gasteiger partial charge >= 0.3 is 5.97 Å². The van der Waals surface area contributed by atoms with Gasteiger partial charge in [-0.3, -0.25) is 0 Å². The van der Waals surface area contributed by atoms with Gasteiger partial charge in [0.05, 0.1) is 24.1 Å². The van der Waals surface area contributed by atoms with Gasteiger partial charge in [-0.2, -0.15) is 9.78 Å². The first kappa shape index (κ1) is 22.3. The highest BCUT2D eigenvalue weighted by Crippen LogP contribution is 2.48. The summed E-state index contributed by atoms with van der Waals surface area (Å²) in [6, 6.07) is 13.4. The lowest BCUT2D eigenvalue weighted by molar-refractivity contribution is 0.0698. The van der Waals surface area contributed by atoms with Crippen LogP contribution in [0.5, 0.6) is 5.88 Å². The van der Waals surface area contributed by atoms with E-state index in [0.717, 1.165) is 53.6 Å². The normalized spacial score (nSPS) is 15.1. The van der Waals surface area contributed by atoms with E-state index in [2.05, 4.69) is 15.3 Å². The maximum Gasteiger partial charge on any atom is 0.337 e. The number of ether oxygens (including phenoxy) is 1. The second-order valence-corrected chi connectivity index (χ2v) is 9.54. The fourth-order valence-electron chi connectivity index (χ4n) is 4.62. The summed E-state index contributed by atoms with van der Waals surface area (Å²) in [4.78, 5) is 21.3. The van der Waals surface area contributed by atoms with E-state index in [0.29, 0.717) is 35.0 Å². The number of aromatic carboxylic acids is 1. The Morgan fingerprint density at radius 3 is 2.53 bits per heavy atom. The highest BCUT2D eigenvalue weighted by molar-refractivity contribution is 5.96. The molecule has 0 amide bonds. The quantitative estimate of drug-likeness (QED) is 0.326. The Bertz CT molecular complexity index is 1450. The van der Waals surface area contributed by atoms with Gasteiger partial charge in [-0.25, -0.2) is 14.8 Å². The minimum Gasteiger partial charge on any atom is -0.481 e. The molecular formula is C28H27N5O3. The van der Waals surface area contributed by atoms with Crippen LogP contribution in [-0.4, -0.2) is 37.9 Å². The Hall–Kier alpha value is -4.20. The average molecular weight is 482 g/mol. The number of rotatable bonds is 8. The molecule has 4 aromatic rings. The van der Waals surface area contributed by atoms with Crippen LogP contribution >= 0.6 is 0 Å². The lowest BCUT2D eigenvalue weighted by Gasteiger charge is -2.16. The molecule has 0 aliphatic heterocycles. The molecule has 2 saturated carbocycles. The molecule has 0 saturated heterocycles. The van der Waals surface area contributed by atoms with Crippen molar-refractivity contribution in [2.75, 3.05) is 12.4 Å². The second kappa shape index (κ2) is 8.78. The van der Waals surface area contributed by atoms with Gasteiger partial charge in [0.25, 0.3) is 0 Å². The third kappa shape index (κ3) is 4.08. The van der Waals surface area contributed by atoms with E-state index in [9.17, 15) is 9.90 Å². The smallest absolute Gasteiger partial charge is 0.337 e. The number of benzene rings is 1. The van der Waals surface area contributed by atoms with Crippen LogP contribution in [0, 0.1) is 6.92 Å². The monoisotopic (exact) mass is 481 g/mol. The highest BCUT2D eigenvalue weighted by Gasteiger charge is 2.34. The summed E-state index contributed by atoms with van der Waals surface area (Å²) >= 11 is 0. The molecule has 0 spiro atoms. The van der Waals surface area contributed by atoms with E-state index in [1.54, 1.807) is 25.6 Å². The van der Waals surface area contributed by atoms with Crippen LogP contribution in [0.25, 0.3) is 16.9 Å². The van der Waals surface area contributed by atoms with Gasteiger partial charge in [0, 0.05) is 35.5 Å². The van der Waals surface area contributed by atoms with E-state index in [-0.39, 0.29) is 5.56 Å². The zero-order chi connectivity index (χ0) is 24.8. The molecule has 2 aliphatic rings. The fraction of sp³-hybridized carbons (Fsp3) is 0.286. The lowest BCUT2D eigenvalue weighted by atomic mass is 10.0. The molecule has 2 aliphatic carbocycles. The zero-order valence-corrected chi connectivity index (χ0v) is 20.2. The number of carboxylic acid groups (broad SMARTS) is 1. The first-order valence-corrected chi connectivity index (χ1v) is 12.2. The van der Waals surface area contributed by atoms with Crippen molar-refractivity contribution in [3.05, 3.63) is 77.2 Å². The molecule has 6 rings (SSSR count). The van der Waals surface area contributed by atoms with Crippen molar-refractivity contribution in [1.82, 2.24) is 19.7 Å². The number of methoxy groups -OCH3 is 1. The van der Waals surface area contributed by atoms with Crippen LogP contribution in [0.15, 0.2) is 54.9 Å². The maximum atomic E-state index is 12.3. The van der Waals surface area contributed by atoms with Crippen molar-refractivity contribution in [2.45, 2.75) is 44.4 Å². The summed E-state index contributed by atoms with van der Waals surface area (Å²) in [5.74, 6) is 1.73. The van der Waals surface area contributed by atoms with Crippen LogP contribution in [0.1, 0.15) is 64.7 Å². The number of anilines is 2. The summed E-state index contributed by atoms with van der Waals surface area (Å²) in [5, 5.41) is 18.5. The summed E-state index contributed by atoms with van der Waals surface area (Å²) in [7, 11) is 1.59. The van der Waals surface area contributed by atoms with Crippen molar-refractivity contribution in [1.29, 1.82) is 0 Å². The lowest BCUT2D eigenvalue weighted by Crippen LogP contribution is -2.09. The van der Waals surface area contributed by atoms with Crippen LogP contribution in [-0.2, 0) is 0 Å². The number of hydrogen-bond acceptors (Lipinski definition) is 6. The maximum absolute atomic E-state index is 12.3. The zero-order valence-electron chi connectivity index (χ0n) is 20.2. The van der Waals surface area contributed by atoms with E-state index >= 15 is 0 Å². The molecule has 8 heteroatoms. The summed E-state index contributed by atoms with van der Waals surface area (Å²) in [6.07, 6.45) is 7.85. The molecule has 2 N–H and O–H groups in total. The van der Waals surface area contributed by atoms with Gasteiger partial charge in [-0.15, -0.1) is 0 Å². The molecule has 0 radical (unpaired) electrons. The van der Waals surface area contributed by atoms with Crippen LogP contribution in [0.3, 0.4) is 0 Å². The molecule has 2 fully saturated rings. The number of aromatic nitrogens is 4. The van der Waals surface area contributed by atoms with E-state index in [1.165, 1.54) is 0 Å². The Kier molecular flexibility index (Phi) is 5.44. The Balaban J connectivity index is 1.55. The number of nitrogens with zero attached hydrogens (tertiary/aromatic N) is 4. The first-order chi connectivity index (χ1) is 17.5. The number of carboxylic acids is 1. The predicted molar refractivity (Wildman–Crippen MR) is 137 cm³/mol. The molecular weight excluding hydrogens is 454 g/mol. The van der Waals surface area contributed by atoms with Gasteiger partial charge in [0.2, 0.25) is 5.88 Å². The van der Waals surface area contributed by atoms with Crippen molar-refractivity contribution in [2.24, 2.45) is 0 Å². The minimum atomic E-state index is -0.963. The molecule has 182 valence electrons. The Labute approximate surface area is 209 Å². The predicted octanol–water partition coefficient (Wildman–Crippen LogP) is 5.84. The molecule has 1 aromatic carbocycles. The molecule has 8 nitrogen and oxygen atoms in total. The third-order valence-corrected chi connectivity index (χ3v) is 6.87. The molecule has 0 bridgehead atoms. The van der Waals surface area contributed by atoms with Gasteiger partial charge in [-0.1, -0.05) is 12.1 Å². The second-order valence-electron chi connectivity index (χ2n) is 9.54. The highest BCUT2D eigenvalue weighted by atomic mass is 16.5. The molecule has 0 unspecified atom stereocenters. The third-order valence-electron chi connectivity index (χ3n) is 6.87. The molecule has 3 aromatic heterocycles. The standard InChI is InChI=1S/C28H27N5O3/c1-16-4-3-13-29-26(16)33-27(31-22-11-9-19(17-5-6-17)14-21(22)28(34)35)24(25(32-33)18-7-8-18)20-10-12-23(36-2)30-15-20/h3-4,9-15,17-18,31H,5-8H2,1-2H3,(H,34,35). The van der Waals surface area contributed by atoms with Gasteiger partial charge in [-0.05, 0) is 73.9 Å². The topological polar surface area (TPSA) is 102 Å². The average Bonchev–Trinajstić information content (AvgIpc) is 3.82. The van der Waals surface area contributed by atoms with Crippen molar-refractivity contribution < 1.29 is 14.6 Å². The van der Waals surface area contributed by atoms with E-state index in [1.807, 2.05) is 48.0 Å². The van der Waals surface area contributed by atoms with Crippen molar-refractivity contribution >= 4 is 17.5 Å². The van der Waals surface area contributed by atoms with Crippen molar-refractivity contribution in [3.8, 4) is 22.8 Å². The largest absolute Gasteiger partial charge is 0.481 e. The number of aryl methyl sites for hydroxylation is 1. The number of nitrogens with one attached hydrogen (secondary N) is 1. The molecule has 0 atom stereocenters. The first-order valence-electron chi connectivity index (χ1n) is 12.2. The summed E-state index contributed by atoms with van der Waals surface area (Å²) in [6.45, 7) is 1.99. The Morgan fingerprint density at radius 2 is 1.89 bits per heavy atom. The summed E-state index contributed by atoms with van der Waals surface area (Å²) < 4.78 is 7.07. The molecule has 36 heavy (non-hydrogen) atoms. The SMILES string of the molecule is COc1ccc(-c2c(C3CC3)nn(-c3ncccc3C)c2Nc2ccc(C3CC3)cc2C(=O)O)cn1. The van der Waals surface area contributed by atoms with Gasteiger partial charge in [0.15, 0.2) is 5.82 Å². The number of hydrogen-bond donors (Lipinski definition) is 2. The van der Waals surface area contributed by atoms with Crippen LogP contribution in [0.4, 0.5) is 11.5 Å². The fourth-order valence-corrected chi connectivity index (χ4v) is 4.62. The number of pyridine rings is 2. The Morgan fingerprint density at radius 1 is 1.08 bits per heavy atom. The number of carbonyl (C=O) groups is 1. The van der Waals surface area contributed by atoms with Gasteiger partial charge < -0.3 is 15.2 Å². The summed E-state index contributed by atoms with van der Waals surface area (Å²) in [5.41, 5.74) is 5.55. The minimum absolute atomic E-state index is 0.247. The van der Waals surface area contributed by atoms with E-state index in [4.69, 9.17) is 9.84 Å². The van der Waals surface area contributed by atoms with Gasteiger partial charge in [0.1, 0.15) is 5.82 Å². The molecule has 3 heterocycles. The van der Waals surface area contributed by atoms with Crippen molar-refractivity contribution in [3.63, 3.8) is 0 Å².